The molecule has 4 rings (SSSR count). The van der Waals surface area contributed by atoms with Gasteiger partial charge in [0.1, 0.15) is 0 Å². The molecule has 0 saturated heterocycles. The van der Waals surface area contributed by atoms with Gasteiger partial charge in [0.05, 0.1) is 11.0 Å². The molecule has 3 heterocycles. The molecule has 1 atom stereocenters. The van der Waals surface area contributed by atoms with E-state index in [-0.39, 0.29) is 23.5 Å². The lowest BCUT2D eigenvalue weighted by atomic mass is 10.2. The first-order valence-corrected chi connectivity index (χ1v) is 6.88. The van der Waals surface area contributed by atoms with Crippen LogP contribution < -0.4 is 5.56 Å². The van der Waals surface area contributed by atoms with E-state index in [0.29, 0.717) is 5.52 Å². The number of benzene rings is 1. The molecule has 1 N–H and O–H groups in total. The van der Waals surface area contributed by atoms with Crippen LogP contribution in [-0.4, -0.2) is 31.9 Å². The number of hydrogen-bond acceptors (Lipinski definition) is 5. The number of fused-ring (bicyclic) bond motifs is 3. The average Bonchev–Trinajstić information content (AvgIpc) is 3.07. The maximum atomic E-state index is 12.3. The van der Waals surface area contributed by atoms with E-state index < -0.39 is 0 Å². The van der Waals surface area contributed by atoms with Crippen molar-refractivity contribution >= 4 is 52.3 Å². The van der Waals surface area contributed by atoms with Crippen LogP contribution in [0.4, 0.5) is 0 Å². The molecule has 0 bridgehead atoms. The number of aromatic nitrogens is 4. The van der Waals surface area contributed by atoms with E-state index >= 15 is 0 Å². The Morgan fingerprint density at radius 3 is 2.95 bits per heavy atom. The second kappa shape index (κ2) is 4.92. The minimum Gasteiger partial charge on any atom is -0.290 e. The van der Waals surface area contributed by atoms with Crippen molar-refractivity contribution < 1.29 is 0 Å². The van der Waals surface area contributed by atoms with Gasteiger partial charge in [-0.3, -0.25) is 14.9 Å². The number of nitrogens with one attached hydrogen (secondary N) is 1. The molecule has 0 aliphatic carbocycles. The minimum absolute atomic E-state index is 0. The Labute approximate surface area is 123 Å². The molecule has 2 aromatic heterocycles. The van der Waals surface area contributed by atoms with Crippen LogP contribution in [-0.2, 0) is 0 Å². The normalized spacial score (nSPS) is 17.7. The second-order valence-electron chi connectivity index (χ2n) is 4.22. The smallest absolute Gasteiger partial charge is 0.290 e. The third-order valence-electron chi connectivity index (χ3n) is 3.10. The van der Waals surface area contributed by atoms with Crippen molar-refractivity contribution in [1.29, 1.82) is 0 Å². The van der Waals surface area contributed by atoms with Gasteiger partial charge in [-0.25, -0.2) is 4.68 Å². The lowest BCUT2D eigenvalue weighted by molar-refractivity contribution is 0.616. The highest BCUT2D eigenvalue weighted by Crippen LogP contribution is 2.27. The van der Waals surface area contributed by atoms with E-state index in [1.165, 1.54) is 4.68 Å². The Morgan fingerprint density at radius 1 is 1.30 bits per heavy atom. The molecule has 8 heteroatoms. The van der Waals surface area contributed by atoms with E-state index in [0.717, 1.165) is 22.2 Å². The van der Waals surface area contributed by atoms with Gasteiger partial charge in [-0.05, 0) is 6.07 Å². The van der Waals surface area contributed by atoms with E-state index in [4.69, 9.17) is 0 Å². The number of H-pyrrole nitrogens is 1. The number of nitrogens with zero attached hydrogens (tertiary/aromatic N) is 4. The van der Waals surface area contributed by atoms with Crippen LogP contribution >= 0.6 is 24.2 Å². The Bertz CT molecular complexity index is 871. The fourth-order valence-electron chi connectivity index (χ4n) is 2.20. The molecule has 0 saturated carbocycles. The third kappa shape index (κ3) is 1.82. The largest absolute Gasteiger partial charge is 0.297 e. The van der Waals surface area contributed by atoms with Gasteiger partial charge in [0.2, 0.25) is 0 Å². The van der Waals surface area contributed by atoms with Crippen molar-refractivity contribution in [3.63, 3.8) is 0 Å². The number of aliphatic imine (C=N–C) groups is 1. The van der Waals surface area contributed by atoms with Gasteiger partial charge >= 0.3 is 0 Å². The Morgan fingerprint density at radius 2 is 2.15 bits per heavy atom. The zero-order valence-electron chi connectivity index (χ0n) is 10.2. The monoisotopic (exact) mass is 307 g/mol. The van der Waals surface area contributed by atoms with Crippen molar-refractivity contribution in [2.75, 3.05) is 5.75 Å². The molecule has 1 aromatic carbocycles. The van der Waals surface area contributed by atoms with Crippen molar-refractivity contribution in [3.8, 4) is 0 Å². The van der Waals surface area contributed by atoms with E-state index in [2.05, 4.69) is 20.3 Å². The summed E-state index contributed by atoms with van der Waals surface area (Å²) in [6.07, 6.45) is 1.82. The molecule has 0 spiro atoms. The van der Waals surface area contributed by atoms with Crippen molar-refractivity contribution in [3.05, 3.63) is 34.6 Å². The van der Waals surface area contributed by atoms with Gasteiger partial charge in [0, 0.05) is 17.4 Å². The van der Waals surface area contributed by atoms with Gasteiger partial charge < -0.3 is 0 Å². The fourth-order valence-corrected chi connectivity index (χ4v) is 3.02. The predicted octanol–water partition coefficient (Wildman–Crippen LogP) is 1.97. The zero-order chi connectivity index (χ0) is 12.8. The van der Waals surface area contributed by atoms with Crippen LogP contribution in [0.1, 0.15) is 5.50 Å². The van der Waals surface area contributed by atoms with E-state index in [1.54, 1.807) is 11.8 Å². The van der Waals surface area contributed by atoms with Crippen molar-refractivity contribution in [1.82, 2.24) is 20.0 Å². The number of halogens is 1. The molecule has 1 unspecified atom stereocenters. The highest BCUT2D eigenvalue weighted by atomic mass is 35.5. The molecule has 0 amide bonds. The summed E-state index contributed by atoms with van der Waals surface area (Å²) in [5.74, 6) is 0.818. The maximum absolute atomic E-state index is 12.3. The molecule has 0 fully saturated rings. The first-order chi connectivity index (χ1) is 9.34. The summed E-state index contributed by atoms with van der Waals surface area (Å²) >= 11 is 1.59. The van der Waals surface area contributed by atoms with Crippen molar-refractivity contribution in [2.24, 2.45) is 4.99 Å². The molecular formula is C12H10ClN5OS. The van der Waals surface area contributed by atoms with Gasteiger partial charge in [-0.15, -0.1) is 34.4 Å². The third-order valence-corrected chi connectivity index (χ3v) is 4.07. The van der Waals surface area contributed by atoms with Crippen LogP contribution in [0, 0.1) is 0 Å². The van der Waals surface area contributed by atoms with Crippen LogP contribution in [0.2, 0.25) is 0 Å². The number of rotatable bonds is 1. The first kappa shape index (κ1) is 13.1. The van der Waals surface area contributed by atoms with Crippen LogP contribution in [0.15, 0.2) is 34.1 Å². The lowest BCUT2D eigenvalue weighted by Gasteiger charge is -2.05. The summed E-state index contributed by atoms with van der Waals surface area (Å²) in [6.45, 7) is 0. The fraction of sp³-hybridized carbons (Fsp3) is 0.167. The summed E-state index contributed by atoms with van der Waals surface area (Å²) < 4.78 is 1.51. The van der Waals surface area contributed by atoms with Crippen LogP contribution in [0.3, 0.4) is 0 Å². The zero-order valence-corrected chi connectivity index (χ0v) is 11.8. The minimum atomic E-state index is -0.222. The SMILES string of the molecule is Cl.O=c1c2nnc3ccccc3c2[nH]n1C1N=CCS1. The van der Waals surface area contributed by atoms with Crippen LogP contribution in [0.5, 0.6) is 0 Å². The van der Waals surface area contributed by atoms with Gasteiger partial charge in [0.25, 0.3) is 5.56 Å². The predicted molar refractivity (Wildman–Crippen MR) is 82.9 cm³/mol. The summed E-state index contributed by atoms with van der Waals surface area (Å²) in [4.78, 5) is 16.6. The van der Waals surface area contributed by atoms with Gasteiger partial charge in [-0.1, -0.05) is 18.2 Å². The molecule has 102 valence electrons. The van der Waals surface area contributed by atoms with E-state index in [1.807, 2.05) is 30.5 Å². The Kier molecular flexibility index (Phi) is 3.23. The van der Waals surface area contributed by atoms with Crippen molar-refractivity contribution in [2.45, 2.75) is 5.50 Å². The Hall–Kier alpha value is -1.86. The number of thioether (sulfide) groups is 1. The molecular weight excluding hydrogens is 298 g/mol. The molecule has 1 aliphatic heterocycles. The molecule has 6 nitrogen and oxygen atoms in total. The topological polar surface area (TPSA) is 75.9 Å². The first-order valence-electron chi connectivity index (χ1n) is 5.83. The summed E-state index contributed by atoms with van der Waals surface area (Å²) in [5, 5.41) is 12.1. The lowest BCUT2D eigenvalue weighted by Crippen LogP contribution is -2.18. The van der Waals surface area contributed by atoms with Gasteiger partial charge in [-0.2, -0.15) is 0 Å². The molecule has 3 aromatic rings. The molecule has 20 heavy (non-hydrogen) atoms. The maximum Gasteiger partial charge on any atom is 0.297 e. The molecule has 0 radical (unpaired) electrons. The van der Waals surface area contributed by atoms with E-state index in [9.17, 15) is 4.79 Å². The van der Waals surface area contributed by atoms with Crippen LogP contribution in [0.25, 0.3) is 21.9 Å². The van der Waals surface area contributed by atoms with Gasteiger partial charge in [0.15, 0.2) is 11.0 Å². The highest BCUT2D eigenvalue weighted by Gasteiger charge is 2.20. The number of hydrogen-bond donors (Lipinski definition) is 1. The summed E-state index contributed by atoms with van der Waals surface area (Å²) in [5.41, 5.74) is 1.45. The quantitative estimate of drug-likeness (QED) is 0.745. The summed E-state index contributed by atoms with van der Waals surface area (Å²) in [7, 11) is 0. The Balaban J connectivity index is 0.00000121. The number of aromatic amines is 1. The molecule has 1 aliphatic rings. The summed E-state index contributed by atoms with van der Waals surface area (Å²) in [6, 6.07) is 7.62. The highest BCUT2D eigenvalue weighted by molar-refractivity contribution is 8.00. The standard InChI is InChI=1S/C12H9N5OS.ClH/c18-11-10-9(16-17(11)12-13-5-6-19-12)7-3-1-2-4-8(7)14-15-10;/h1-5,12,16H,6H2;1H. The average molecular weight is 308 g/mol. The second-order valence-corrected chi connectivity index (χ2v) is 5.31.